The van der Waals surface area contributed by atoms with Gasteiger partial charge in [-0.15, -0.1) is 0 Å². The first kappa shape index (κ1) is 11.3. The number of benzene rings is 1. The summed E-state index contributed by atoms with van der Waals surface area (Å²) in [5.74, 6) is 0.0282. The van der Waals surface area contributed by atoms with Gasteiger partial charge in [0, 0.05) is 42.3 Å². The average molecular weight is 243 g/mol. The monoisotopic (exact) mass is 243 g/mol. The van der Waals surface area contributed by atoms with E-state index in [-0.39, 0.29) is 11.9 Å². The van der Waals surface area contributed by atoms with Crippen molar-refractivity contribution in [2.75, 3.05) is 13.1 Å². The van der Waals surface area contributed by atoms with Crippen LogP contribution in [0.25, 0.3) is 10.9 Å². The molecule has 1 fully saturated rings. The standard InChI is InChI=1S/C14H17N3O/c1-17-8-6-11-12(3-2-4-13(11)17)14(18)16-10-5-7-15-9-10/h2-4,6,8,10,15H,5,7,9H2,1H3,(H,16,18). The van der Waals surface area contributed by atoms with Gasteiger partial charge >= 0.3 is 0 Å². The van der Waals surface area contributed by atoms with Gasteiger partial charge < -0.3 is 15.2 Å². The van der Waals surface area contributed by atoms with Gasteiger partial charge in [0.25, 0.3) is 5.91 Å². The Morgan fingerprint density at radius 2 is 2.33 bits per heavy atom. The Labute approximate surface area is 106 Å². The smallest absolute Gasteiger partial charge is 0.252 e. The topological polar surface area (TPSA) is 46.1 Å². The fourth-order valence-electron chi connectivity index (χ4n) is 2.54. The molecule has 1 aromatic heterocycles. The van der Waals surface area contributed by atoms with Crippen molar-refractivity contribution in [3.05, 3.63) is 36.0 Å². The maximum absolute atomic E-state index is 12.3. The summed E-state index contributed by atoms with van der Waals surface area (Å²) in [6.45, 7) is 1.86. The van der Waals surface area contributed by atoms with Gasteiger partial charge in [-0.2, -0.15) is 0 Å². The summed E-state index contributed by atoms with van der Waals surface area (Å²) in [6, 6.07) is 8.11. The highest BCUT2D eigenvalue weighted by atomic mass is 16.1. The van der Waals surface area contributed by atoms with Gasteiger partial charge in [0.05, 0.1) is 0 Å². The number of nitrogens with one attached hydrogen (secondary N) is 2. The molecule has 0 saturated carbocycles. The van der Waals surface area contributed by atoms with E-state index in [9.17, 15) is 4.79 Å². The molecule has 4 heteroatoms. The number of amides is 1. The molecule has 2 N–H and O–H groups in total. The fourth-order valence-corrected chi connectivity index (χ4v) is 2.54. The minimum Gasteiger partial charge on any atom is -0.351 e. The maximum Gasteiger partial charge on any atom is 0.252 e. The van der Waals surface area contributed by atoms with Crippen LogP contribution < -0.4 is 10.6 Å². The molecule has 1 amide bonds. The van der Waals surface area contributed by atoms with Crippen molar-refractivity contribution >= 4 is 16.8 Å². The van der Waals surface area contributed by atoms with E-state index in [0.29, 0.717) is 0 Å². The first-order chi connectivity index (χ1) is 8.75. The molecule has 0 spiro atoms. The lowest BCUT2D eigenvalue weighted by atomic mass is 10.1. The lowest BCUT2D eigenvalue weighted by Gasteiger charge is -2.12. The van der Waals surface area contributed by atoms with Crippen molar-refractivity contribution in [2.24, 2.45) is 7.05 Å². The third kappa shape index (κ3) is 1.88. The molecule has 2 aromatic rings. The van der Waals surface area contributed by atoms with E-state index in [0.717, 1.165) is 36.0 Å². The quantitative estimate of drug-likeness (QED) is 0.834. The number of carbonyl (C=O) groups excluding carboxylic acids is 1. The van der Waals surface area contributed by atoms with Crippen molar-refractivity contribution < 1.29 is 4.79 Å². The molecule has 2 heterocycles. The molecule has 0 aliphatic carbocycles. The summed E-state index contributed by atoms with van der Waals surface area (Å²) >= 11 is 0. The Hall–Kier alpha value is -1.81. The van der Waals surface area contributed by atoms with Crippen LogP contribution in [0.5, 0.6) is 0 Å². The first-order valence-corrected chi connectivity index (χ1v) is 6.31. The van der Waals surface area contributed by atoms with Crippen molar-refractivity contribution in [1.82, 2.24) is 15.2 Å². The molecule has 94 valence electrons. The molecule has 0 radical (unpaired) electrons. The Morgan fingerprint density at radius 1 is 1.44 bits per heavy atom. The molecule has 1 aliphatic rings. The molecule has 4 nitrogen and oxygen atoms in total. The third-order valence-electron chi connectivity index (χ3n) is 3.57. The molecular weight excluding hydrogens is 226 g/mol. The van der Waals surface area contributed by atoms with E-state index < -0.39 is 0 Å². The van der Waals surface area contributed by atoms with E-state index in [1.165, 1.54) is 0 Å². The highest BCUT2D eigenvalue weighted by Crippen LogP contribution is 2.19. The van der Waals surface area contributed by atoms with Gasteiger partial charge in [0.2, 0.25) is 0 Å². The normalized spacial score (nSPS) is 19.3. The molecular formula is C14H17N3O. The third-order valence-corrected chi connectivity index (χ3v) is 3.57. The number of aromatic nitrogens is 1. The van der Waals surface area contributed by atoms with Crippen molar-refractivity contribution in [3.63, 3.8) is 0 Å². The van der Waals surface area contributed by atoms with Crippen LogP contribution in [0.2, 0.25) is 0 Å². The van der Waals surface area contributed by atoms with Gasteiger partial charge in [0.15, 0.2) is 0 Å². The van der Waals surface area contributed by atoms with Crippen molar-refractivity contribution in [2.45, 2.75) is 12.5 Å². The zero-order chi connectivity index (χ0) is 12.5. The fraction of sp³-hybridized carbons (Fsp3) is 0.357. The zero-order valence-electron chi connectivity index (χ0n) is 10.4. The van der Waals surface area contributed by atoms with Gasteiger partial charge in [-0.1, -0.05) is 6.07 Å². The lowest BCUT2D eigenvalue weighted by molar-refractivity contribution is 0.0942. The summed E-state index contributed by atoms with van der Waals surface area (Å²) in [6.07, 6.45) is 3.00. The summed E-state index contributed by atoms with van der Waals surface area (Å²) in [5.41, 5.74) is 1.85. The minimum absolute atomic E-state index is 0.0282. The number of hydrogen-bond donors (Lipinski definition) is 2. The first-order valence-electron chi connectivity index (χ1n) is 6.31. The molecule has 18 heavy (non-hydrogen) atoms. The van der Waals surface area contributed by atoms with E-state index in [4.69, 9.17) is 0 Å². The van der Waals surface area contributed by atoms with Gasteiger partial charge in [-0.3, -0.25) is 4.79 Å². The molecule has 1 aliphatic heterocycles. The largest absolute Gasteiger partial charge is 0.351 e. The summed E-state index contributed by atoms with van der Waals surface area (Å²) < 4.78 is 2.03. The zero-order valence-corrected chi connectivity index (χ0v) is 10.4. The van der Waals surface area contributed by atoms with Crippen molar-refractivity contribution in [3.8, 4) is 0 Å². The minimum atomic E-state index is 0.0282. The number of nitrogens with zero attached hydrogens (tertiary/aromatic N) is 1. The van der Waals surface area contributed by atoms with E-state index in [2.05, 4.69) is 10.6 Å². The Kier molecular flexibility index (Phi) is 2.80. The summed E-state index contributed by atoms with van der Waals surface area (Å²) in [7, 11) is 1.99. The van der Waals surface area contributed by atoms with Crippen LogP contribution in [0.4, 0.5) is 0 Å². The summed E-state index contributed by atoms with van der Waals surface area (Å²) in [5, 5.41) is 7.35. The van der Waals surface area contributed by atoms with Crippen LogP contribution in [0.15, 0.2) is 30.5 Å². The van der Waals surface area contributed by atoms with E-state index >= 15 is 0 Å². The molecule has 1 saturated heterocycles. The van der Waals surface area contributed by atoms with Gasteiger partial charge in [-0.05, 0) is 31.2 Å². The highest BCUT2D eigenvalue weighted by molar-refractivity contribution is 6.06. The van der Waals surface area contributed by atoms with Crippen LogP contribution in [-0.4, -0.2) is 29.6 Å². The number of aryl methyl sites for hydroxylation is 1. The number of fused-ring (bicyclic) bond motifs is 1. The summed E-state index contributed by atoms with van der Waals surface area (Å²) in [4.78, 5) is 12.3. The second kappa shape index (κ2) is 4.46. The van der Waals surface area contributed by atoms with E-state index in [1.807, 2.05) is 42.1 Å². The van der Waals surface area contributed by atoms with Gasteiger partial charge in [0.1, 0.15) is 0 Å². The van der Waals surface area contributed by atoms with Crippen LogP contribution in [0.3, 0.4) is 0 Å². The van der Waals surface area contributed by atoms with Crippen LogP contribution in [0.1, 0.15) is 16.8 Å². The number of rotatable bonds is 2. The lowest BCUT2D eigenvalue weighted by Crippen LogP contribution is -2.36. The number of hydrogen-bond acceptors (Lipinski definition) is 2. The second-order valence-corrected chi connectivity index (χ2v) is 4.83. The SMILES string of the molecule is Cn1ccc2c(C(=O)NC3CCNC3)cccc21. The van der Waals surface area contributed by atoms with Crippen LogP contribution >= 0.6 is 0 Å². The molecule has 1 unspecified atom stereocenters. The molecule has 1 atom stereocenters. The Morgan fingerprint density at radius 3 is 3.11 bits per heavy atom. The second-order valence-electron chi connectivity index (χ2n) is 4.83. The molecule has 1 aromatic carbocycles. The maximum atomic E-state index is 12.3. The van der Waals surface area contributed by atoms with Gasteiger partial charge in [-0.25, -0.2) is 0 Å². The number of carbonyl (C=O) groups is 1. The van der Waals surface area contributed by atoms with Crippen LogP contribution in [-0.2, 0) is 7.05 Å². The average Bonchev–Trinajstić information content (AvgIpc) is 3.00. The Bertz CT molecular complexity index is 582. The molecule has 3 rings (SSSR count). The predicted molar refractivity (Wildman–Crippen MR) is 71.7 cm³/mol. The van der Waals surface area contributed by atoms with Crippen molar-refractivity contribution in [1.29, 1.82) is 0 Å². The highest BCUT2D eigenvalue weighted by Gasteiger charge is 2.19. The molecule has 0 bridgehead atoms. The van der Waals surface area contributed by atoms with Crippen LogP contribution in [0, 0.1) is 0 Å². The predicted octanol–water partition coefficient (Wildman–Crippen LogP) is 1.27. The van der Waals surface area contributed by atoms with E-state index in [1.54, 1.807) is 0 Å². The Balaban J connectivity index is 1.91.